The highest BCUT2D eigenvalue weighted by Gasteiger charge is 2.17. The first-order chi connectivity index (χ1) is 6.27. The maximum atomic E-state index is 4.40. The largest absolute Gasteiger partial charge is 0.315 e. The van der Waals surface area contributed by atoms with Crippen LogP contribution >= 0.6 is 0 Å². The summed E-state index contributed by atoms with van der Waals surface area (Å²) in [6.07, 6.45) is 5.38. The van der Waals surface area contributed by atoms with Gasteiger partial charge in [-0.3, -0.25) is 4.68 Å². The number of rotatable bonds is 2. The zero-order chi connectivity index (χ0) is 9.26. The van der Waals surface area contributed by atoms with Crippen LogP contribution in [0.15, 0.2) is 12.4 Å². The highest BCUT2D eigenvalue weighted by atomic mass is 15.3. The molecule has 0 radical (unpaired) electrons. The summed E-state index contributed by atoms with van der Waals surface area (Å²) < 4.78 is 2.11. The quantitative estimate of drug-likeness (QED) is 0.746. The highest BCUT2D eigenvalue weighted by molar-refractivity contribution is 5.09. The lowest BCUT2D eigenvalue weighted by atomic mass is 10.1. The zero-order valence-corrected chi connectivity index (χ0v) is 8.33. The van der Waals surface area contributed by atoms with Gasteiger partial charge in [-0.05, 0) is 24.4 Å². The number of hydrogen-bond donors (Lipinski definition) is 1. The van der Waals surface area contributed by atoms with E-state index in [9.17, 15) is 0 Å². The van der Waals surface area contributed by atoms with Gasteiger partial charge in [-0.15, -0.1) is 0 Å². The SMILES string of the molecule is CC(C)c1cnn(C2CCNC2)c1. The monoisotopic (exact) mass is 179 g/mol. The third-order valence-corrected chi connectivity index (χ3v) is 2.70. The Kier molecular flexibility index (Phi) is 2.36. The van der Waals surface area contributed by atoms with Crippen LogP contribution in [0, 0.1) is 0 Å². The maximum absolute atomic E-state index is 4.40. The van der Waals surface area contributed by atoms with Crippen LogP contribution in [0.25, 0.3) is 0 Å². The first kappa shape index (κ1) is 8.75. The summed E-state index contributed by atoms with van der Waals surface area (Å²) in [5.74, 6) is 0.586. The summed E-state index contributed by atoms with van der Waals surface area (Å²) in [5.41, 5.74) is 1.34. The predicted octanol–water partition coefficient (Wildman–Crippen LogP) is 1.54. The molecule has 3 heteroatoms. The molecule has 0 amide bonds. The fourth-order valence-electron chi connectivity index (χ4n) is 1.72. The van der Waals surface area contributed by atoms with E-state index in [0.29, 0.717) is 12.0 Å². The highest BCUT2D eigenvalue weighted by Crippen LogP contribution is 2.18. The van der Waals surface area contributed by atoms with Gasteiger partial charge in [0.15, 0.2) is 0 Å². The molecule has 1 atom stereocenters. The second-order valence-corrected chi connectivity index (χ2v) is 4.06. The predicted molar refractivity (Wildman–Crippen MR) is 52.8 cm³/mol. The average molecular weight is 179 g/mol. The van der Waals surface area contributed by atoms with Crippen molar-refractivity contribution in [2.45, 2.75) is 32.2 Å². The second-order valence-electron chi connectivity index (χ2n) is 4.06. The lowest BCUT2D eigenvalue weighted by Gasteiger charge is -2.08. The Balaban J connectivity index is 2.12. The van der Waals surface area contributed by atoms with Crippen LogP contribution in [0.4, 0.5) is 0 Å². The van der Waals surface area contributed by atoms with Gasteiger partial charge in [0.1, 0.15) is 0 Å². The maximum Gasteiger partial charge on any atom is 0.0655 e. The topological polar surface area (TPSA) is 29.9 Å². The smallest absolute Gasteiger partial charge is 0.0655 e. The molecule has 0 spiro atoms. The molecule has 2 rings (SSSR count). The molecule has 1 aliphatic heterocycles. The van der Waals surface area contributed by atoms with Crippen LogP contribution in [0.1, 0.15) is 37.8 Å². The standard InChI is InChI=1S/C10H17N3/c1-8(2)9-5-12-13(7-9)10-3-4-11-6-10/h5,7-8,10-11H,3-4,6H2,1-2H3. The van der Waals surface area contributed by atoms with Gasteiger partial charge in [-0.25, -0.2) is 0 Å². The zero-order valence-electron chi connectivity index (χ0n) is 8.33. The van der Waals surface area contributed by atoms with Crippen molar-refractivity contribution in [1.29, 1.82) is 0 Å². The lowest BCUT2D eigenvalue weighted by molar-refractivity contribution is 0.490. The molecule has 1 N–H and O–H groups in total. The Bertz CT molecular complexity index is 271. The Morgan fingerprint density at radius 1 is 1.62 bits per heavy atom. The molecule has 1 aromatic heterocycles. The van der Waals surface area contributed by atoms with Crippen molar-refractivity contribution in [3.63, 3.8) is 0 Å². The van der Waals surface area contributed by atoms with E-state index in [1.807, 2.05) is 6.20 Å². The van der Waals surface area contributed by atoms with Gasteiger partial charge in [0.2, 0.25) is 0 Å². The summed E-state index contributed by atoms with van der Waals surface area (Å²) in [4.78, 5) is 0. The Morgan fingerprint density at radius 2 is 2.46 bits per heavy atom. The van der Waals surface area contributed by atoms with Crippen molar-refractivity contribution < 1.29 is 0 Å². The Morgan fingerprint density at radius 3 is 3.00 bits per heavy atom. The molecule has 1 saturated heterocycles. The van der Waals surface area contributed by atoms with E-state index in [4.69, 9.17) is 0 Å². The van der Waals surface area contributed by atoms with E-state index in [1.54, 1.807) is 0 Å². The Hall–Kier alpha value is -0.830. The molecule has 2 heterocycles. The number of nitrogens with one attached hydrogen (secondary N) is 1. The van der Waals surface area contributed by atoms with E-state index < -0.39 is 0 Å². The minimum absolute atomic E-state index is 0.576. The third kappa shape index (κ3) is 1.75. The van der Waals surface area contributed by atoms with Gasteiger partial charge < -0.3 is 5.32 Å². The molecule has 1 aromatic rings. The molecule has 72 valence electrons. The molecular weight excluding hydrogens is 162 g/mol. The van der Waals surface area contributed by atoms with E-state index in [0.717, 1.165) is 13.1 Å². The van der Waals surface area contributed by atoms with E-state index in [2.05, 4.69) is 35.1 Å². The summed E-state index contributed by atoms with van der Waals surface area (Å²) in [6.45, 7) is 6.60. The van der Waals surface area contributed by atoms with Crippen LogP contribution in [-0.2, 0) is 0 Å². The van der Waals surface area contributed by atoms with Crippen LogP contribution in [0.2, 0.25) is 0 Å². The van der Waals surface area contributed by atoms with Crippen molar-refractivity contribution in [2.75, 3.05) is 13.1 Å². The molecule has 1 unspecified atom stereocenters. The van der Waals surface area contributed by atoms with Crippen LogP contribution < -0.4 is 5.32 Å². The molecule has 13 heavy (non-hydrogen) atoms. The molecule has 1 aliphatic rings. The molecule has 0 aliphatic carbocycles. The lowest BCUT2D eigenvalue weighted by Crippen LogP contribution is -2.13. The van der Waals surface area contributed by atoms with Gasteiger partial charge in [0.05, 0.1) is 12.2 Å². The first-order valence-electron chi connectivity index (χ1n) is 5.02. The van der Waals surface area contributed by atoms with E-state index in [-0.39, 0.29) is 0 Å². The summed E-state index contributed by atoms with van der Waals surface area (Å²) >= 11 is 0. The van der Waals surface area contributed by atoms with E-state index >= 15 is 0 Å². The minimum Gasteiger partial charge on any atom is -0.315 e. The van der Waals surface area contributed by atoms with Crippen molar-refractivity contribution in [3.05, 3.63) is 18.0 Å². The normalized spacial score (nSPS) is 22.8. The van der Waals surface area contributed by atoms with E-state index in [1.165, 1.54) is 12.0 Å². The second kappa shape index (κ2) is 3.50. The molecule has 3 nitrogen and oxygen atoms in total. The third-order valence-electron chi connectivity index (χ3n) is 2.70. The summed E-state index contributed by atoms with van der Waals surface area (Å²) in [5, 5.41) is 7.74. The number of nitrogens with zero attached hydrogens (tertiary/aromatic N) is 2. The fraction of sp³-hybridized carbons (Fsp3) is 0.700. The van der Waals surface area contributed by atoms with Crippen LogP contribution in [0.5, 0.6) is 0 Å². The number of aromatic nitrogens is 2. The summed E-state index contributed by atoms with van der Waals surface area (Å²) in [7, 11) is 0. The van der Waals surface area contributed by atoms with Crippen molar-refractivity contribution >= 4 is 0 Å². The molecule has 1 fully saturated rings. The number of hydrogen-bond acceptors (Lipinski definition) is 2. The molecule has 0 bridgehead atoms. The minimum atomic E-state index is 0.576. The van der Waals surface area contributed by atoms with Gasteiger partial charge in [-0.1, -0.05) is 13.8 Å². The Labute approximate surface area is 79.1 Å². The van der Waals surface area contributed by atoms with Crippen molar-refractivity contribution in [2.24, 2.45) is 0 Å². The van der Waals surface area contributed by atoms with Gasteiger partial charge >= 0.3 is 0 Å². The average Bonchev–Trinajstić information content (AvgIpc) is 2.75. The molecule has 0 saturated carbocycles. The van der Waals surface area contributed by atoms with Gasteiger partial charge in [0.25, 0.3) is 0 Å². The molecular formula is C10H17N3. The first-order valence-corrected chi connectivity index (χ1v) is 5.02. The summed E-state index contributed by atoms with van der Waals surface area (Å²) in [6, 6.07) is 0.576. The van der Waals surface area contributed by atoms with Crippen LogP contribution in [-0.4, -0.2) is 22.9 Å². The van der Waals surface area contributed by atoms with Gasteiger partial charge in [0, 0.05) is 12.7 Å². The van der Waals surface area contributed by atoms with Crippen LogP contribution in [0.3, 0.4) is 0 Å². The van der Waals surface area contributed by atoms with Gasteiger partial charge in [-0.2, -0.15) is 5.10 Å². The van der Waals surface area contributed by atoms with Crippen molar-refractivity contribution in [3.8, 4) is 0 Å². The van der Waals surface area contributed by atoms with Crippen molar-refractivity contribution in [1.82, 2.24) is 15.1 Å². The molecule has 0 aromatic carbocycles. The fourth-order valence-corrected chi connectivity index (χ4v) is 1.72.